The SMILES string of the molecule is CCC[C@H](C)N1C(=O)[C@@H](CC(=O)Nc2ccc(OC)cc2[N+](=O)[O-])SC1=Nc1ccc(OC)cc1. The average molecular weight is 501 g/mol. The predicted molar refractivity (Wildman–Crippen MR) is 136 cm³/mol. The molecule has 11 heteroatoms. The summed E-state index contributed by atoms with van der Waals surface area (Å²) in [5.41, 5.74) is 0.413. The van der Waals surface area contributed by atoms with Gasteiger partial charge in [-0.3, -0.25) is 24.6 Å². The number of nitro benzene ring substituents is 1. The second kappa shape index (κ2) is 11.7. The van der Waals surface area contributed by atoms with Gasteiger partial charge in [-0.05, 0) is 49.7 Å². The third-order valence-electron chi connectivity index (χ3n) is 5.46. The van der Waals surface area contributed by atoms with E-state index in [4.69, 9.17) is 9.47 Å². The molecule has 0 unspecified atom stereocenters. The minimum Gasteiger partial charge on any atom is -0.497 e. The molecular formula is C24H28N4O6S. The van der Waals surface area contributed by atoms with E-state index in [9.17, 15) is 19.7 Å². The first-order valence-corrected chi connectivity index (χ1v) is 12.0. The molecule has 1 saturated heterocycles. The molecule has 1 heterocycles. The van der Waals surface area contributed by atoms with Crippen molar-refractivity contribution in [1.82, 2.24) is 4.90 Å². The lowest BCUT2D eigenvalue weighted by atomic mass is 10.1. The van der Waals surface area contributed by atoms with Crippen LogP contribution in [0, 0.1) is 10.1 Å². The summed E-state index contributed by atoms with van der Waals surface area (Å²) in [4.78, 5) is 43.2. The van der Waals surface area contributed by atoms with Crippen molar-refractivity contribution >= 4 is 45.8 Å². The Morgan fingerprint density at radius 1 is 1.20 bits per heavy atom. The summed E-state index contributed by atoms with van der Waals surface area (Å²) in [6, 6.07) is 11.2. The first-order valence-electron chi connectivity index (χ1n) is 11.1. The van der Waals surface area contributed by atoms with Crippen molar-refractivity contribution in [2.75, 3.05) is 19.5 Å². The van der Waals surface area contributed by atoms with Gasteiger partial charge in [0.05, 0.1) is 30.9 Å². The van der Waals surface area contributed by atoms with Gasteiger partial charge in [0, 0.05) is 12.5 Å². The summed E-state index contributed by atoms with van der Waals surface area (Å²) in [7, 11) is 2.98. The zero-order chi connectivity index (χ0) is 25.5. The Kier molecular flexibility index (Phi) is 8.69. The van der Waals surface area contributed by atoms with E-state index >= 15 is 0 Å². The van der Waals surface area contributed by atoms with Crippen molar-refractivity contribution in [3.63, 3.8) is 0 Å². The summed E-state index contributed by atoms with van der Waals surface area (Å²) in [5.74, 6) is 0.291. The highest BCUT2D eigenvalue weighted by molar-refractivity contribution is 8.15. The molecule has 186 valence electrons. The third kappa shape index (κ3) is 6.30. The van der Waals surface area contributed by atoms with Gasteiger partial charge in [0.1, 0.15) is 22.4 Å². The smallest absolute Gasteiger partial charge is 0.296 e. The summed E-state index contributed by atoms with van der Waals surface area (Å²) < 4.78 is 10.2. The zero-order valence-electron chi connectivity index (χ0n) is 20.0. The van der Waals surface area contributed by atoms with Crippen LogP contribution in [0.4, 0.5) is 17.1 Å². The highest BCUT2D eigenvalue weighted by Gasteiger charge is 2.41. The number of amidine groups is 1. The molecule has 1 N–H and O–H groups in total. The standard InChI is InChI=1S/C24H28N4O6S/c1-5-6-15(2)27-23(30)21(35-24(27)25-16-7-9-17(33-3)10-8-16)14-22(29)26-19-12-11-18(34-4)13-20(19)28(31)32/h7-13,15,21H,5-6,14H2,1-4H3,(H,26,29)/t15-,21+/m0/s1. The number of benzene rings is 2. The van der Waals surface area contributed by atoms with Gasteiger partial charge in [-0.15, -0.1) is 0 Å². The highest BCUT2D eigenvalue weighted by Crippen LogP contribution is 2.35. The molecular weight excluding hydrogens is 472 g/mol. The van der Waals surface area contributed by atoms with Gasteiger partial charge in [-0.25, -0.2) is 4.99 Å². The number of aliphatic imine (C=N–C) groups is 1. The molecule has 10 nitrogen and oxygen atoms in total. The van der Waals surface area contributed by atoms with Crippen LogP contribution in [0.5, 0.6) is 11.5 Å². The number of rotatable bonds is 10. The van der Waals surface area contributed by atoms with E-state index in [-0.39, 0.29) is 29.7 Å². The van der Waals surface area contributed by atoms with Gasteiger partial charge >= 0.3 is 0 Å². The Morgan fingerprint density at radius 2 is 1.86 bits per heavy atom. The number of hydrogen-bond acceptors (Lipinski definition) is 8. The maximum absolute atomic E-state index is 13.3. The van der Waals surface area contributed by atoms with Crippen molar-refractivity contribution < 1.29 is 24.0 Å². The van der Waals surface area contributed by atoms with E-state index in [2.05, 4.69) is 10.3 Å². The summed E-state index contributed by atoms with van der Waals surface area (Å²) in [5, 5.41) is 13.8. The highest BCUT2D eigenvalue weighted by atomic mass is 32.2. The molecule has 0 aliphatic carbocycles. The minimum atomic E-state index is -0.691. The quantitative estimate of drug-likeness (QED) is 0.368. The van der Waals surface area contributed by atoms with E-state index in [0.29, 0.717) is 22.4 Å². The molecule has 2 aromatic rings. The maximum atomic E-state index is 13.3. The van der Waals surface area contributed by atoms with Gasteiger partial charge in [-0.2, -0.15) is 0 Å². The number of hydrogen-bond donors (Lipinski definition) is 1. The number of anilines is 1. The van der Waals surface area contributed by atoms with E-state index in [1.54, 1.807) is 36.3 Å². The van der Waals surface area contributed by atoms with Crippen LogP contribution in [0.3, 0.4) is 0 Å². The lowest BCUT2D eigenvalue weighted by molar-refractivity contribution is -0.384. The lowest BCUT2D eigenvalue weighted by Crippen LogP contribution is -2.40. The van der Waals surface area contributed by atoms with Crippen molar-refractivity contribution in [2.45, 2.75) is 44.4 Å². The molecule has 2 aromatic carbocycles. The van der Waals surface area contributed by atoms with Crippen LogP contribution < -0.4 is 14.8 Å². The molecule has 1 aliphatic rings. The number of ether oxygens (including phenoxy) is 2. The predicted octanol–water partition coefficient (Wildman–Crippen LogP) is 4.76. The second-order valence-corrected chi connectivity index (χ2v) is 9.11. The van der Waals surface area contributed by atoms with Crippen LogP contribution in [0.25, 0.3) is 0 Å². The van der Waals surface area contributed by atoms with Crippen molar-refractivity contribution in [1.29, 1.82) is 0 Å². The summed E-state index contributed by atoms with van der Waals surface area (Å²) in [6.07, 6.45) is 1.52. The number of nitrogens with zero attached hydrogens (tertiary/aromatic N) is 3. The number of thioether (sulfide) groups is 1. The van der Waals surface area contributed by atoms with E-state index in [1.165, 1.54) is 37.1 Å². The molecule has 2 atom stereocenters. The number of amides is 2. The largest absolute Gasteiger partial charge is 0.497 e. The molecule has 1 fully saturated rings. The van der Waals surface area contributed by atoms with Crippen LogP contribution in [0.2, 0.25) is 0 Å². The number of carbonyl (C=O) groups excluding carboxylic acids is 2. The number of nitrogens with one attached hydrogen (secondary N) is 1. The van der Waals surface area contributed by atoms with E-state index < -0.39 is 16.1 Å². The molecule has 0 aromatic heterocycles. The van der Waals surface area contributed by atoms with Crippen LogP contribution in [-0.2, 0) is 9.59 Å². The first kappa shape index (κ1) is 26.0. The van der Waals surface area contributed by atoms with Gasteiger partial charge < -0.3 is 14.8 Å². The Bertz CT molecular complexity index is 1120. The van der Waals surface area contributed by atoms with E-state index in [0.717, 1.165) is 12.8 Å². The van der Waals surface area contributed by atoms with Gasteiger partial charge in [-0.1, -0.05) is 25.1 Å². The minimum absolute atomic E-state index is 0.0413. The molecule has 0 spiro atoms. The fraction of sp³-hybridized carbons (Fsp3) is 0.375. The molecule has 2 amide bonds. The Balaban J connectivity index is 1.80. The molecule has 1 aliphatic heterocycles. The lowest BCUT2D eigenvalue weighted by Gasteiger charge is -2.24. The summed E-state index contributed by atoms with van der Waals surface area (Å²) >= 11 is 1.22. The maximum Gasteiger partial charge on any atom is 0.296 e. The molecule has 0 radical (unpaired) electrons. The van der Waals surface area contributed by atoms with Crippen LogP contribution in [0.15, 0.2) is 47.5 Å². The van der Waals surface area contributed by atoms with Gasteiger partial charge in [0.2, 0.25) is 11.8 Å². The molecule has 35 heavy (non-hydrogen) atoms. The monoisotopic (exact) mass is 500 g/mol. The van der Waals surface area contributed by atoms with Gasteiger partial charge in [0.15, 0.2) is 5.17 Å². The van der Waals surface area contributed by atoms with Crippen LogP contribution >= 0.6 is 11.8 Å². The normalized spacial score (nSPS) is 17.4. The van der Waals surface area contributed by atoms with E-state index in [1.807, 2.05) is 13.8 Å². The topological polar surface area (TPSA) is 123 Å². The van der Waals surface area contributed by atoms with Crippen molar-refractivity contribution in [3.8, 4) is 11.5 Å². The Hall–Kier alpha value is -3.60. The first-order chi connectivity index (χ1) is 16.8. The Morgan fingerprint density at radius 3 is 2.46 bits per heavy atom. The molecule has 0 saturated carbocycles. The molecule has 3 rings (SSSR count). The average Bonchev–Trinajstić information content (AvgIpc) is 3.13. The zero-order valence-corrected chi connectivity index (χ0v) is 20.8. The molecule has 0 bridgehead atoms. The second-order valence-electron chi connectivity index (χ2n) is 7.94. The van der Waals surface area contributed by atoms with Crippen molar-refractivity contribution in [3.05, 3.63) is 52.6 Å². The summed E-state index contributed by atoms with van der Waals surface area (Å²) in [6.45, 7) is 3.99. The third-order valence-corrected chi connectivity index (χ3v) is 6.61. The number of nitro groups is 1. The van der Waals surface area contributed by atoms with Crippen LogP contribution in [-0.4, -0.2) is 52.3 Å². The Labute approximate surface area is 207 Å². The fourth-order valence-corrected chi connectivity index (χ4v) is 4.92. The van der Waals surface area contributed by atoms with Gasteiger partial charge in [0.25, 0.3) is 5.69 Å². The number of carbonyl (C=O) groups is 2. The van der Waals surface area contributed by atoms with Crippen LogP contribution in [0.1, 0.15) is 33.1 Å². The fourth-order valence-electron chi connectivity index (χ4n) is 3.68. The van der Waals surface area contributed by atoms with Crippen molar-refractivity contribution in [2.24, 2.45) is 4.99 Å². The number of methoxy groups -OCH3 is 2.